The zero-order valence-corrected chi connectivity index (χ0v) is 10.3. The average Bonchev–Trinajstić information content (AvgIpc) is 2.70. The molecule has 1 aromatic heterocycles. The zero-order chi connectivity index (χ0) is 10.1. The van der Waals surface area contributed by atoms with Gasteiger partial charge in [-0.05, 0) is 43.2 Å². The summed E-state index contributed by atoms with van der Waals surface area (Å²) >= 11 is 2.06. The van der Waals surface area contributed by atoms with E-state index < -0.39 is 0 Å². The van der Waals surface area contributed by atoms with Gasteiger partial charge in [-0.25, -0.2) is 0 Å². The van der Waals surface area contributed by atoms with E-state index in [1.54, 1.807) is 9.75 Å². The maximum Gasteiger partial charge on any atom is 0.0103 e. The van der Waals surface area contributed by atoms with Gasteiger partial charge in [0.1, 0.15) is 0 Å². The van der Waals surface area contributed by atoms with E-state index in [0.717, 1.165) is 5.92 Å². The van der Waals surface area contributed by atoms with Crippen LogP contribution in [0.5, 0.6) is 0 Å². The van der Waals surface area contributed by atoms with Gasteiger partial charge in [-0.15, -0.1) is 11.3 Å². The van der Waals surface area contributed by atoms with Crippen molar-refractivity contribution in [3.63, 3.8) is 0 Å². The van der Waals surface area contributed by atoms with Gasteiger partial charge in [-0.1, -0.05) is 26.7 Å². The minimum atomic E-state index is 0.704. The second-order valence-corrected chi connectivity index (χ2v) is 5.95. The van der Waals surface area contributed by atoms with Crippen molar-refractivity contribution in [2.45, 2.75) is 58.3 Å². The molecule has 0 N–H and O–H groups in total. The second-order valence-electron chi connectivity index (χ2n) is 4.83. The van der Waals surface area contributed by atoms with Crippen molar-refractivity contribution >= 4 is 11.3 Å². The lowest BCUT2D eigenvalue weighted by Gasteiger charge is -2.05. The predicted octanol–water partition coefficient (Wildman–Crippen LogP) is 4.84. The van der Waals surface area contributed by atoms with E-state index >= 15 is 0 Å². The molecule has 0 radical (unpaired) electrons. The normalized spacial score (nSPS) is 18.3. The molecule has 1 heteroatoms. The fourth-order valence-electron chi connectivity index (χ4n) is 2.51. The minimum Gasteiger partial charge on any atom is -0.145 e. The largest absolute Gasteiger partial charge is 0.145 e. The fourth-order valence-corrected chi connectivity index (χ4v) is 3.85. The van der Waals surface area contributed by atoms with E-state index in [9.17, 15) is 0 Å². The molecule has 78 valence electrons. The highest BCUT2D eigenvalue weighted by Crippen LogP contribution is 2.40. The molecule has 14 heavy (non-hydrogen) atoms. The summed E-state index contributed by atoms with van der Waals surface area (Å²) in [4.78, 5) is 3.26. The van der Waals surface area contributed by atoms with Gasteiger partial charge in [0, 0.05) is 9.75 Å². The van der Waals surface area contributed by atoms with Crippen molar-refractivity contribution in [2.24, 2.45) is 0 Å². The molecule has 0 amide bonds. The molecule has 1 heterocycles. The zero-order valence-electron chi connectivity index (χ0n) is 9.47. The van der Waals surface area contributed by atoms with E-state index in [1.165, 1.54) is 31.2 Å². The van der Waals surface area contributed by atoms with Crippen LogP contribution in [0.25, 0.3) is 0 Å². The predicted molar refractivity (Wildman–Crippen MR) is 64.4 cm³/mol. The summed E-state index contributed by atoms with van der Waals surface area (Å²) in [5.74, 6) is 1.60. The van der Waals surface area contributed by atoms with Crippen molar-refractivity contribution in [1.29, 1.82) is 0 Å². The Kier molecular flexibility index (Phi) is 2.96. The molecule has 0 aromatic carbocycles. The van der Waals surface area contributed by atoms with Crippen LogP contribution in [0.4, 0.5) is 0 Å². The van der Waals surface area contributed by atoms with Crippen LogP contribution in [0.1, 0.15) is 66.7 Å². The first-order valence-electron chi connectivity index (χ1n) is 5.78. The summed E-state index contributed by atoms with van der Waals surface area (Å²) < 4.78 is 0. The highest BCUT2D eigenvalue weighted by atomic mass is 32.1. The highest BCUT2D eigenvalue weighted by Gasteiger charge is 2.20. The van der Waals surface area contributed by atoms with Crippen molar-refractivity contribution in [1.82, 2.24) is 0 Å². The smallest absolute Gasteiger partial charge is 0.0103 e. The molecular formula is C13H20S. The molecular weight excluding hydrogens is 188 g/mol. The molecule has 0 saturated heterocycles. The number of thiophene rings is 1. The van der Waals surface area contributed by atoms with Crippen molar-refractivity contribution < 1.29 is 0 Å². The number of hydrogen-bond acceptors (Lipinski definition) is 1. The Morgan fingerprint density at radius 1 is 1.29 bits per heavy atom. The van der Waals surface area contributed by atoms with Gasteiger partial charge in [0.2, 0.25) is 0 Å². The van der Waals surface area contributed by atoms with Crippen LogP contribution in [0, 0.1) is 6.92 Å². The molecule has 0 atom stereocenters. The topological polar surface area (TPSA) is 0 Å². The number of hydrogen-bond donors (Lipinski definition) is 0. The highest BCUT2D eigenvalue weighted by molar-refractivity contribution is 7.12. The van der Waals surface area contributed by atoms with Crippen molar-refractivity contribution in [3.05, 3.63) is 21.4 Å². The number of rotatable bonds is 2. The van der Waals surface area contributed by atoms with E-state index in [-0.39, 0.29) is 0 Å². The SMILES string of the molecule is Cc1cc(C2CCCC2)sc1C(C)C. The van der Waals surface area contributed by atoms with Gasteiger partial charge in [0.15, 0.2) is 0 Å². The third-order valence-electron chi connectivity index (χ3n) is 3.26. The molecule has 0 spiro atoms. The minimum absolute atomic E-state index is 0.704. The first-order chi connectivity index (χ1) is 6.68. The standard InChI is InChI=1S/C13H20S/c1-9(2)13-10(3)8-12(14-13)11-6-4-5-7-11/h8-9,11H,4-7H2,1-3H3. The van der Waals surface area contributed by atoms with Crippen LogP contribution in [0.3, 0.4) is 0 Å². The molecule has 1 aliphatic carbocycles. The molecule has 2 rings (SSSR count). The first kappa shape index (κ1) is 10.2. The molecule has 1 aliphatic rings. The average molecular weight is 208 g/mol. The molecule has 0 nitrogen and oxygen atoms in total. The lowest BCUT2D eigenvalue weighted by atomic mass is 10.0. The summed E-state index contributed by atoms with van der Waals surface area (Å²) in [5, 5.41) is 0. The lowest BCUT2D eigenvalue weighted by Crippen LogP contribution is -1.86. The Morgan fingerprint density at radius 3 is 2.43 bits per heavy atom. The van der Waals surface area contributed by atoms with Crippen molar-refractivity contribution in [2.75, 3.05) is 0 Å². The third-order valence-corrected chi connectivity index (χ3v) is 4.96. The third kappa shape index (κ3) is 1.88. The Labute approximate surface area is 91.4 Å². The quantitative estimate of drug-likeness (QED) is 0.652. The Bertz CT molecular complexity index is 303. The fraction of sp³-hybridized carbons (Fsp3) is 0.692. The first-order valence-corrected chi connectivity index (χ1v) is 6.60. The van der Waals surface area contributed by atoms with Gasteiger partial charge in [-0.2, -0.15) is 0 Å². The molecule has 0 bridgehead atoms. The van der Waals surface area contributed by atoms with E-state index in [4.69, 9.17) is 0 Å². The van der Waals surface area contributed by atoms with Crippen LogP contribution in [-0.2, 0) is 0 Å². The van der Waals surface area contributed by atoms with Crippen LogP contribution < -0.4 is 0 Å². The van der Waals surface area contributed by atoms with Crippen molar-refractivity contribution in [3.8, 4) is 0 Å². The van der Waals surface area contributed by atoms with Gasteiger partial charge < -0.3 is 0 Å². The Morgan fingerprint density at radius 2 is 1.93 bits per heavy atom. The van der Waals surface area contributed by atoms with Gasteiger partial charge in [0.05, 0.1) is 0 Å². The summed E-state index contributed by atoms with van der Waals surface area (Å²) in [5.41, 5.74) is 1.52. The summed E-state index contributed by atoms with van der Waals surface area (Å²) in [7, 11) is 0. The maximum atomic E-state index is 2.44. The molecule has 1 fully saturated rings. The maximum absolute atomic E-state index is 2.44. The Hall–Kier alpha value is -0.300. The van der Waals surface area contributed by atoms with Crippen LogP contribution in [-0.4, -0.2) is 0 Å². The van der Waals surface area contributed by atoms with Crippen LogP contribution in [0.2, 0.25) is 0 Å². The second kappa shape index (κ2) is 4.06. The van der Waals surface area contributed by atoms with Crippen LogP contribution in [0.15, 0.2) is 6.07 Å². The number of aryl methyl sites for hydroxylation is 1. The molecule has 0 aliphatic heterocycles. The van der Waals surface area contributed by atoms with Crippen LogP contribution >= 0.6 is 11.3 Å². The summed E-state index contributed by atoms with van der Waals surface area (Å²) in [6, 6.07) is 2.44. The lowest BCUT2D eigenvalue weighted by molar-refractivity contribution is 0.738. The van der Waals surface area contributed by atoms with Gasteiger partial charge in [0.25, 0.3) is 0 Å². The summed E-state index contributed by atoms with van der Waals surface area (Å²) in [6.07, 6.45) is 5.74. The molecule has 1 saturated carbocycles. The Balaban J connectivity index is 2.22. The van der Waals surface area contributed by atoms with Gasteiger partial charge in [-0.3, -0.25) is 0 Å². The van der Waals surface area contributed by atoms with E-state index in [2.05, 4.69) is 38.2 Å². The molecule has 1 aromatic rings. The van der Waals surface area contributed by atoms with Gasteiger partial charge >= 0.3 is 0 Å². The monoisotopic (exact) mass is 208 g/mol. The van der Waals surface area contributed by atoms with E-state index in [0.29, 0.717) is 5.92 Å². The summed E-state index contributed by atoms with van der Waals surface area (Å²) in [6.45, 7) is 6.87. The molecule has 0 unspecified atom stereocenters. The van der Waals surface area contributed by atoms with E-state index in [1.807, 2.05) is 0 Å².